The van der Waals surface area contributed by atoms with E-state index in [1.807, 2.05) is 31.2 Å². The number of nitrogens with one attached hydrogen (secondary N) is 1. The molecule has 1 aromatic heterocycles. The standard InChI is InChI=1S/C11H10IN3/c1-7-10(13-2)11(15-12)8-5-3-4-6-9(8)14-7/h3-6H,2H2,1H3,(H,14,15). The highest BCUT2D eigenvalue weighted by atomic mass is 127. The lowest BCUT2D eigenvalue weighted by molar-refractivity contribution is 1.24. The maximum Gasteiger partial charge on any atom is 0.108 e. The fraction of sp³-hybridized carbons (Fsp3) is 0.0909. The Morgan fingerprint density at radius 3 is 2.80 bits per heavy atom. The molecule has 0 aliphatic heterocycles. The van der Waals surface area contributed by atoms with E-state index in [0.29, 0.717) is 0 Å². The van der Waals surface area contributed by atoms with E-state index >= 15 is 0 Å². The fourth-order valence-corrected chi connectivity index (χ4v) is 2.16. The summed E-state index contributed by atoms with van der Waals surface area (Å²) < 4.78 is 3.13. The van der Waals surface area contributed by atoms with Gasteiger partial charge in [-0.05, 0) is 19.7 Å². The molecule has 0 spiro atoms. The zero-order valence-corrected chi connectivity index (χ0v) is 10.4. The van der Waals surface area contributed by atoms with Gasteiger partial charge in [-0.1, -0.05) is 18.2 Å². The Bertz CT molecular complexity index is 522. The molecule has 0 radical (unpaired) electrons. The molecule has 3 nitrogen and oxygen atoms in total. The SMILES string of the molecule is C=Nc1c(C)nc2ccccc2c1NI. The summed E-state index contributed by atoms with van der Waals surface area (Å²) in [7, 11) is 0. The molecule has 1 N–H and O–H groups in total. The average Bonchev–Trinajstić information content (AvgIpc) is 2.27. The largest absolute Gasteiger partial charge is 0.326 e. The normalized spacial score (nSPS) is 10.3. The van der Waals surface area contributed by atoms with Gasteiger partial charge in [-0.2, -0.15) is 0 Å². The monoisotopic (exact) mass is 311 g/mol. The molecule has 1 aromatic carbocycles. The number of pyridine rings is 1. The number of anilines is 1. The molecule has 0 aliphatic rings. The summed E-state index contributed by atoms with van der Waals surface area (Å²) in [6.07, 6.45) is 0. The summed E-state index contributed by atoms with van der Waals surface area (Å²) in [6.45, 7) is 5.51. The first kappa shape index (κ1) is 10.4. The lowest BCUT2D eigenvalue weighted by atomic mass is 10.1. The van der Waals surface area contributed by atoms with Crippen LogP contribution in [0.3, 0.4) is 0 Å². The molecule has 0 fully saturated rings. The molecule has 2 rings (SSSR count). The van der Waals surface area contributed by atoms with Gasteiger partial charge in [-0.15, -0.1) is 0 Å². The summed E-state index contributed by atoms with van der Waals surface area (Å²) in [6, 6.07) is 7.99. The number of aliphatic imine (C=N–C) groups is 1. The zero-order chi connectivity index (χ0) is 10.8. The van der Waals surface area contributed by atoms with Crippen molar-refractivity contribution in [3.05, 3.63) is 30.0 Å². The molecular formula is C11H10IN3. The number of aromatic nitrogens is 1. The maximum absolute atomic E-state index is 4.48. The van der Waals surface area contributed by atoms with Crippen LogP contribution in [0.25, 0.3) is 10.9 Å². The van der Waals surface area contributed by atoms with Crippen LogP contribution in [0.1, 0.15) is 5.69 Å². The lowest BCUT2D eigenvalue weighted by Crippen LogP contribution is -1.90. The van der Waals surface area contributed by atoms with Crippen molar-refractivity contribution in [1.29, 1.82) is 0 Å². The number of nitrogens with zero attached hydrogens (tertiary/aromatic N) is 2. The third kappa shape index (κ3) is 1.69. The van der Waals surface area contributed by atoms with Crippen molar-refractivity contribution >= 4 is 51.9 Å². The number of hydrogen-bond donors (Lipinski definition) is 1. The molecule has 0 saturated heterocycles. The topological polar surface area (TPSA) is 37.3 Å². The summed E-state index contributed by atoms with van der Waals surface area (Å²) >= 11 is 2.10. The highest BCUT2D eigenvalue weighted by molar-refractivity contribution is 14.1. The van der Waals surface area contributed by atoms with E-state index in [0.717, 1.165) is 28.0 Å². The van der Waals surface area contributed by atoms with Gasteiger partial charge in [0.05, 0.1) is 39.8 Å². The van der Waals surface area contributed by atoms with Crippen LogP contribution in [0.5, 0.6) is 0 Å². The number of halogens is 1. The molecule has 0 unspecified atom stereocenters. The molecule has 0 amide bonds. The van der Waals surface area contributed by atoms with Crippen LogP contribution in [-0.2, 0) is 0 Å². The second-order valence-corrected chi connectivity index (χ2v) is 3.73. The number of para-hydroxylation sites is 1. The Kier molecular flexibility index (Phi) is 2.86. The van der Waals surface area contributed by atoms with Crippen molar-refractivity contribution in [3.63, 3.8) is 0 Å². The van der Waals surface area contributed by atoms with E-state index in [1.165, 1.54) is 0 Å². The highest BCUT2D eigenvalue weighted by Gasteiger charge is 2.09. The number of benzene rings is 1. The van der Waals surface area contributed by atoms with Crippen LogP contribution in [0.4, 0.5) is 11.4 Å². The molecule has 0 saturated carbocycles. The van der Waals surface area contributed by atoms with Crippen LogP contribution in [0.2, 0.25) is 0 Å². The van der Waals surface area contributed by atoms with Crippen LogP contribution < -0.4 is 3.53 Å². The van der Waals surface area contributed by atoms with E-state index in [2.05, 4.69) is 43.1 Å². The molecule has 1 heterocycles. The van der Waals surface area contributed by atoms with Crippen LogP contribution >= 0.6 is 22.9 Å². The molecule has 0 atom stereocenters. The predicted octanol–water partition coefficient (Wildman–Crippen LogP) is 3.64. The minimum atomic E-state index is 0.822. The first-order valence-electron chi connectivity index (χ1n) is 4.50. The average molecular weight is 311 g/mol. The van der Waals surface area contributed by atoms with Gasteiger partial charge in [-0.3, -0.25) is 9.98 Å². The van der Waals surface area contributed by atoms with Crippen molar-refractivity contribution in [2.24, 2.45) is 4.99 Å². The molecule has 15 heavy (non-hydrogen) atoms. The highest BCUT2D eigenvalue weighted by Crippen LogP contribution is 2.35. The number of hydrogen-bond acceptors (Lipinski definition) is 3. The van der Waals surface area contributed by atoms with Crippen molar-refractivity contribution < 1.29 is 0 Å². The first-order chi connectivity index (χ1) is 7.27. The number of rotatable bonds is 2. The van der Waals surface area contributed by atoms with Crippen LogP contribution in [0, 0.1) is 6.92 Å². The molecular weight excluding hydrogens is 301 g/mol. The van der Waals surface area contributed by atoms with E-state index in [-0.39, 0.29) is 0 Å². The Labute approximate surface area is 102 Å². The number of aryl methyl sites for hydroxylation is 1. The van der Waals surface area contributed by atoms with Gasteiger partial charge < -0.3 is 3.53 Å². The Morgan fingerprint density at radius 1 is 1.40 bits per heavy atom. The van der Waals surface area contributed by atoms with Crippen LogP contribution in [0.15, 0.2) is 29.3 Å². The van der Waals surface area contributed by atoms with Crippen molar-refractivity contribution in [1.82, 2.24) is 4.98 Å². The summed E-state index contributed by atoms with van der Waals surface area (Å²) in [5, 5.41) is 1.07. The second-order valence-electron chi connectivity index (χ2n) is 3.19. The van der Waals surface area contributed by atoms with Crippen molar-refractivity contribution in [2.45, 2.75) is 6.92 Å². The van der Waals surface area contributed by atoms with Gasteiger partial charge in [0.2, 0.25) is 0 Å². The summed E-state index contributed by atoms with van der Waals surface area (Å²) in [5.74, 6) is 0. The van der Waals surface area contributed by atoms with Gasteiger partial charge >= 0.3 is 0 Å². The second kappa shape index (κ2) is 4.14. The smallest absolute Gasteiger partial charge is 0.108 e. The molecule has 0 aliphatic carbocycles. The number of fused-ring (bicyclic) bond motifs is 1. The van der Waals surface area contributed by atoms with Crippen molar-refractivity contribution in [2.75, 3.05) is 3.53 Å². The van der Waals surface area contributed by atoms with E-state index in [1.54, 1.807) is 0 Å². The zero-order valence-electron chi connectivity index (χ0n) is 8.29. The van der Waals surface area contributed by atoms with Gasteiger partial charge in [0, 0.05) is 5.39 Å². The summed E-state index contributed by atoms with van der Waals surface area (Å²) in [4.78, 5) is 8.49. The van der Waals surface area contributed by atoms with Crippen LogP contribution in [-0.4, -0.2) is 11.7 Å². The lowest BCUT2D eigenvalue weighted by Gasteiger charge is -2.09. The first-order valence-corrected chi connectivity index (χ1v) is 5.58. The Morgan fingerprint density at radius 2 is 2.13 bits per heavy atom. The molecule has 2 aromatic rings. The Balaban J connectivity index is 2.90. The van der Waals surface area contributed by atoms with Crippen molar-refractivity contribution in [3.8, 4) is 0 Å². The summed E-state index contributed by atoms with van der Waals surface area (Å²) in [5.41, 5.74) is 3.67. The van der Waals surface area contributed by atoms with Gasteiger partial charge in [-0.25, -0.2) is 0 Å². The van der Waals surface area contributed by atoms with Gasteiger partial charge in [0.15, 0.2) is 0 Å². The maximum atomic E-state index is 4.48. The fourth-order valence-electron chi connectivity index (χ4n) is 1.61. The third-order valence-electron chi connectivity index (χ3n) is 2.29. The third-order valence-corrected chi connectivity index (χ3v) is 2.83. The molecule has 76 valence electrons. The predicted molar refractivity (Wildman–Crippen MR) is 73.3 cm³/mol. The molecule has 0 bridgehead atoms. The van der Waals surface area contributed by atoms with Gasteiger partial charge in [0.25, 0.3) is 0 Å². The minimum Gasteiger partial charge on any atom is -0.326 e. The Hall–Kier alpha value is -1.17. The van der Waals surface area contributed by atoms with Gasteiger partial charge in [0.1, 0.15) is 5.69 Å². The van der Waals surface area contributed by atoms with E-state index in [9.17, 15) is 0 Å². The molecule has 4 heteroatoms. The minimum absolute atomic E-state index is 0.822. The van der Waals surface area contributed by atoms with E-state index in [4.69, 9.17) is 0 Å². The quantitative estimate of drug-likeness (QED) is 0.522. The van der Waals surface area contributed by atoms with E-state index < -0.39 is 0 Å².